The van der Waals surface area contributed by atoms with Gasteiger partial charge in [0.2, 0.25) is 0 Å². The standard InChI is InChI=1S/C39H26N4/c1-25-41-33-18-9-19-35-39(33)42(25)34-21-20-26(23-36(34)43(35)28-12-3-2-4-13-28)37-29-14-5-7-16-31(29)38(27-11-10-22-40-24-27)32-17-8-6-15-30(32)37/h2-24H,1H3. The molecular weight excluding hydrogens is 524 g/mol. The molecule has 0 atom stereocenters. The third kappa shape index (κ3) is 3.44. The molecule has 8 aromatic rings. The van der Waals surface area contributed by atoms with E-state index in [0.717, 1.165) is 45.2 Å². The molecule has 0 amide bonds. The van der Waals surface area contributed by atoms with Crippen LogP contribution in [0.3, 0.4) is 0 Å². The molecule has 1 aliphatic rings. The van der Waals surface area contributed by atoms with Crippen LogP contribution < -0.4 is 4.90 Å². The lowest BCUT2D eigenvalue weighted by Gasteiger charge is -2.33. The minimum Gasteiger partial charge on any atom is -0.306 e. The summed E-state index contributed by atoms with van der Waals surface area (Å²) in [4.78, 5) is 11.8. The summed E-state index contributed by atoms with van der Waals surface area (Å²) in [6, 6.07) is 45.7. The number of benzene rings is 6. The molecule has 0 radical (unpaired) electrons. The van der Waals surface area contributed by atoms with Crippen LogP contribution in [0.2, 0.25) is 0 Å². The Balaban J connectivity index is 1.38. The molecule has 4 nitrogen and oxygen atoms in total. The molecule has 6 aromatic carbocycles. The van der Waals surface area contributed by atoms with Crippen LogP contribution in [0.5, 0.6) is 0 Å². The van der Waals surface area contributed by atoms with E-state index in [4.69, 9.17) is 4.98 Å². The predicted octanol–water partition coefficient (Wildman–Crippen LogP) is 10.2. The van der Waals surface area contributed by atoms with E-state index in [2.05, 4.69) is 143 Å². The van der Waals surface area contributed by atoms with E-state index >= 15 is 0 Å². The van der Waals surface area contributed by atoms with Crippen LogP contribution >= 0.6 is 0 Å². The molecule has 4 heteroatoms. The van der Waals surface area contributed by atoms with Crippen molar-refractivity contribution in [3.63, 3.8) is 0 Å². The first kappa shape index (κ1) is 23.9. The van der Waals surface area contributed by atoms with Crippen molar-refractivity contribution in [3.05, 3.63) is 146 Å². The number of imidazole rings is 1. The molecule has 3 heterocycles. The van der Waals surface area contributed by atoms with E-state index in [-0.39, 0.29) is 0 Å². The number of para-hydroxylation sites is 2. The van der Waals surface area contributed by atoms with Crippen LogP contribution in [0.15, 0.2) is 140 Å². The molecule has 0 fully saturated rings. The lowest BCUT2D eigenvalue weighted by molar-refractivity contribution is 0.982. The van der Waals surface area contributed by atoms with Gasteiger partial charge in [0.25, 0.3) is 0 Å². The van der Waals surface area contributed by atoms with E-state index in [1.54, 1.807) is 0 Å². The Bertz CT molecular complexity index is 2300. The van der Waals surface area contributed by atoms with Crippen molar-refractivity contribution >= 4 is 49.6 Å². The number of fused-ring (bicyclic) bond motifs is 4. The Morgan fingerprint density at radius 1 is 0.535 bits per heavy atom. The maximum atomic E-state index is 4.94. The second kappa shape index (κ2) is 9.13. The zero-order valence-corrected chi connectivity index (χ0v) is 23.6. The highest BCUT2D eigenvalue weighted by molar-refractivity contribution is 6.21. The van der Waals surface area contributed by atoms with Gasteiger partial charge in [0.05, 0.1) is 28.1 Å². The van der Waals surface area contributed by atoms with Gasteiger partial charge in [0, 0.05) is 23.6 Å². The van der Waals surface area contributed by atoms with Crippen molar-refractivity contribution in [1.82, 2.24) is 14.5 Å². The fourth-order valence-electron chi connectivity index (χ4n) is 6.99. The highest BCUT2D eigenvalue weighted by atomic mass is 15.2. The smallest absolute Gasteiger partial charge is 0.111 e. The molecule has 1 aliphatic heterocycles. The monoisotopic (exact) mass is 550 g/mol. The first-order valence-corrected chi connectivity index (χ1v) is 14.6. The first-order valence-electron chi connectivity index (χ1n) is 14.6. The molecule has 0 bridgehead atoms. The van der Waals surface area contributed by atoms with Gasteiger partial charge < -0.3 is 4.90 Å². The van der Waals surface area contributed by atoms with Gasteiger partial charge in [0.15, 0.2) is 0 Å². The highest BCUT2D eigenvalue weighted by Gasteiger charge is 2.29. The number of nitrogens with zero attached hydrogens (tertiary/aromatic N) is 4. The van der Waals surface area contributed by atoms with Crippen LogP contribution in [-0.2, 0) is 0 Å². The lowest BCUT2D eigenvalue weighted by Crippen LogP contribution is -2.18. The second-order valence-corrected chi connectivity index (χ2v) is 11.1. The normalized spacial score (nSPS) is 12.3. The molecule has 9 rings (SSSR count). The van der Waals surface area contributed by atoms with Crippen molar-refractivity contribution in [2.24, 2.45) is 0 Å². The third-order valence-corrected chi connectivity index (χ3v) is 8.71. The van der Waals surface area contributed by atoms with Crippen molar-refractivity contribution in [2.75, 3.05) is 4.90 Å². The molecule has 0 saturated carbocycles. The minimum atomic E-state index is 0.987. The van der Waals surface area contributed by atoms with Gasteiger partial charge in [-0.05, 0) is 87.6 Å². The number of anilines is 3. The van der Waals surface area contributed by atoms with Gasteiger partial charge in [-0.3, -0.25) is 9.55 Å². The second-order valence-electron chi connectivity index (χ2n) is 11.1. The number of aromatic nitrogens is 3. The predicted molar refractivity (Wildman–Crippen MR) is 178 cm³/mol. The van der Waals surface area contributed by atoms with Crippen LogP contribution in [-0.4, -0.2) is 14.5 Å². The summed E-state index contributed by atoms with van der Waals surface area (Å²) >= 11 is 0. The fourth-order valence-corrected chi connectivity index (χ4v) is 6.99. The molecule has 43 heavy (non-hydrogen) atoms. The average Bonchev–Trinajstić information content (AvgIpc) is 3.41. The van der Waals surface area contributed by atoms with Gasteiger partial charge in [-0.1, -0.05) is 84.9 Å². The van der Waals surface area contributed by atoms with Crippen LogP contribution in [0, 0.1) is 6.92 Å². The Morgan fingerprint density at radius 3 is 1.88 bits per heavy atom. The van der Waals surface area contributed by atoms with Crippen LogP contribution in [0.4, 0.5) is 17.1 Å². The van der Waals surface area contributed by atoms with E-state index < -0.39 is 0 Å². The number of pyridine rings is 1. The van der Waals surface area contributed by atoms with Crippen molar-refractivity contribution < 1.29 is 0 Å². The van der Waals surface area contributed by atoms with Crippen LogP contribution in [0.25, 0.3) is 60.5 Å². The molecule has 2 aromatic heterocycles. The topological polar surface area (TPSA) is 34.0 Å². The maximum absolute atomic E-state index is 4.94. The van der Waals surface area contributed by atoms with Crippen molar-refractivity contribution in [3.8, 4) is 27.9 Å². The van der Waals surface area contributed by atoms with Crippen molar-refractivity contribution in [1.29, 1.82) is 0 Å². The molecular formula is C39H26N4. The zero-order valence-electron chi connectivity index (χ0n) is 23.6. The van der Waals surface area contributed by atoms with Gasteiger partial charge in [0.1, 0.15) is 5.82 Å². The van der Waals surface area contributed by atoms with E-state index in [0.29, 0.717) is 0 Å². The Kier molecular flexibility index (Phi) is 5.08. The summed E-state index contributed by atoms with van der Waals surface area (Å²) in [5.41, 5.74) is 11.4. The molecule has 202 valence electrons. The summed E-state index contributed by atoms with van der Waals surface area (Å²) in [6.07, 6.45) is 3.80. The SMILES string of the molecule is Cc1nc2cccc3c2n1-c1ccc(-c2c4ccccc4c(-c4cccnc4)c4ccccc24)cc1N3c1ccccc1. The average molecular weight is 551 g/mol. The van der Waals surface area contributed by atoms with E-state index in [1.165, 1.54) is 38.2 Å². The quantitative estimate of drug-likeness (QED) is 0.205. The number of hydrogen-bond acceptors (Lipinski definition) is 3. The van der Waals surface area contributed by atoms with E-state index in [1.807, 2.05) is 18.5 Å². The largest absolute Gasteiger partial charge is 0.306 e. The number of aryl methyl sites for hydroxylation is 1. The zero-order chi connectivity index (χ0) is 28.5. The Labute approximate surface area is 249 Å². The van der Waals surface area contributed by atoms with Gasteiger partial charge in [-0.2, -0.15) is 0 Å². The first-order chi connectivity index (χ1) is 21.3. The van der Waals surface area contributed by atoms with Crippen molar-refractivity contribution in [2.45, 2.75) is 6.92 Å². The number of rotatable bonds is 3. The van der Waals surface area contributed by atoms with E-state index in [9.17, 15) is 0 Å². The highest BCUT2D eigenvalue weighted by Crippen LogP contribution is 2.50. The summed E-state index contributed by atoms with van der Waals surface area (Å²) in [5.74, 6) is 0.987. The molecule has 0 unspecified atom stereocenters. The van der Waals surface area contributed by atoms with Crippen LogP contribution in [0.1, 0.15) is 5.82 Å². The van der Waals surface area contributed by atoms with Gasteiger partial charge >= 0.3 is 0 Å². The molecule has 0 saturated heterocycles. The third-order valence-electron chi connectivity index (χ3n) is 8.71. The Hall–Kier alpha value is -5.74. The Morgan fingerprint density at radius 2 is 1.21 bits per heavy atom. The fraction of sp³-hybridized carbons (Fsp3) is 0.0256. The molecule has 0 aliphatic carbocycles. The molecule has 0 N–H and O–H groups in total. The summed E-state index contributed by atoms with van der Waals surface area (Å²) in [6.45, 7) is 2.10. The summed E-state index contributed by atoms with van der Waals surface area (Å²) < 4.78 is 2.31. The summed E-state index contributed by atoms with van der Waals surface area (Å²) in [5, 5.41) is 4.89. The summed E-state index contributed by atoms with van der Waals surface area (Å²) in [7, 11) is 0. The number of hydrogen-bond donors (Lipinski definition) is 0. The van der Waals surface area contributed by atoms with Gasteiger partial charge in [-0.25, -0.2) is 4.98 Å². The van der Waals surface area contributed by atoms with Gasteiger partial charge in [-0.15, -0.1) is 0 Å². The maximum Gasteiger partial charge on any atom is 0.111 e. The lowest BCUT2D eigenvalue weighted by atomic mass is 9.86. The minimum absolute atomic E-state index is 0.987. The molecule has 0 spiro atoms.